The number of hydrogen-bond donors (Lipinski definition) is 3. The molecule has 6 heteroatoms. The van der Waals surface area contributed by atoms with Gasteiger partial charge in [-0.2, -0.15) is 0 Å². The zero-order valence-electron chi connectivity index (χ0n) is 3.87. The predicted molar refractivity (Wildman–Crippen MR) is 23.8 cm³/mol. The van der Waals surface area contributed by atoms with Gasteiger partial charge in [0.05, 0.1) is 0 Å². The average Bonchev–Trinajstić information content (AvgIpc) is 1.33. The van der Waals surface area contributed by atoms with E-state index in [4.69, 9.17) is 20.3 Å². The van der Waals surface area contributed by atoms with Crippen molar-refractivity contribution >= 4 is 25.0 Å². The second-order valence-electron chi connectivity index (χ2n) is 0.570. The standard InChI is InChI=1S/CN.BH3O3.Li/c1-2;2-1(3)4;/h;2-4H;. The van der Waals surface area contributed by atoms with Crippen LogP contribution >= 0.6 is 0 Å². The van der Waals surface area contributed by atoms with Crippen LogP contribution in [0.1, 0.15) is 0 Å². The van der Waals surface area contributed by atoms with Gasteiger partial charge in [0, 0.05) is 0 Å². The van der Waals surface area contributed by atoms with Crippen molar-refractivity contribution in [3.8, 4) is 4.74 Å². The fraction of sp³-hybridized carbons (Fsp3) is 0. The molecule has 0 aliphatic heterocycles. The Labute approximate surface area is 50.8 Å². The van der Waals surface area contributed by atoms with Crippen LogP contribution < -0.4 is 0 Å². The average molecular weight is 94.8 g/mol. The van der Waals surface area contributed by atoms with Crippen LogP contribution in [-0.2, 0) is 0 Å². The third kappa shape index (κ3) is 93800. The summed E-state index contributed by atoms with van der Waals surface area (Å²) in [5, 5.41) is 28.8. The van der Waals surface area contributed by atoms with E-state index < -0.39 is 7.32 Å². The molecule has 0 aliphatic carbocycles. The molecule has 0 spiro atoms. The van der Waals surface area contributed by atoms with Gasteiger partial charge in [-0.3, -0.25) is 0 Å². The van der Waals surface area contributed by atoms with Crippen LogP contribution in [0.3, 0.4) is 0 Å². The predicted octanol–water partition coefficient (Wildman–Crippen LogP) is -2.42. The minimum absolute atomic E-state index is 1.43. The summed E-state index contributed by atoms with van der Waals surface area (Å²) < 4.78 is 1.75. The maximum absolute atomic E-state index is 7.32. The number of rotatable bonds is 0. The molecule has 0 bridgehead atoms. The molecule has 0 saturated carbocycles. The van der Waals surface area contributed by atoms with Crippen molar-refractivity contribution in [1.29, 1.82) is 5.26 Å². The van der Waals surface area contributed by atoms with Crippen LogP contribution in [0.4, 0.5) is 0 Å². The van der Waals surface area contributed by atoms with Crippen molar-refractivity contribution in [2.75, 3.05) is 0 Å². The molecule has 0 heterocycles. The molecular formula is CH3BLiNO3. The van der Waals surface area contributed by atoms with Crippen molar-refractivity contribution in [1.82, 2.24) is 0 Å². The molecule has 0 saturated heterocycles. The quantitative estimate of drug-likeness (QED) is 0.292. The molecule has 0 aromatic rings. The van der Waals surface area contributed by atoms with Crippen LogP contribution in [0.2, 0.25) is 0 Å². The van der Waals surface area contributed by atoms with E-state index in [-0.39, 0.29) is 0 Å². The summed E-state index contributed by atoms with van der Waals surface area (Å²) in [6.45, 7) is 0. The van der Waals surface area contributed by atoms with Gasteiger partial charge in [-0.25, -0.2) is 0 Å². The van der Waals surface area contributed by atoms with Gasteiger partial charge in [0.2, 0.25) is 0 Å². The van der Waals surface area contributed by atoms with Gasteiger partial charge < -0.3 is 15.1 Å². The third-order valence-corrected chi connectivity index (χ3v) is 0. The summed E-state index contributed by atoms with van der Waals surface area (Å²) in [7, 11) is -2.17. The first-order chi connectivity index (χ1) is 3.15. The molecule has 34 valence electrons. The Morgan fingerprint density at radius 3 is 1.43 bits per heavy atom. The summed E-state index contributed by atoms with van der Waals surface area (Å²) in [5.74, 6) is 0. The summed E-state index contributed by atoms with van der Waals surface area (Å²) >= 11 is 1.43. The molecule has 0 atom stereocenters. The Balaban J connectivity index is 0. The fourth-order valence-corrected chi connectivity index (χ4v) is 0. The van der Waals surface area contributed by atoms with E-state index in [1.807, 2.05) is 0 Å². The maximum atomic E-state index is 7.32. The Morgan fingerprint density at radius 1 is 1.43 bits per heavy atom. The van der Waals surface area contributed by atoms with Crippen LogP contribution in [0.5, 0.6) is 0 Å². The zero-order valence-corrected chi connectivity index (χ0v) is 3.87. The first-order valence-electron chi connectivity index (χ1n) is 1.50. The van der Waals surface area contributed by atoms with Crippen LogP contribution in [-0.4, -0.2) is 40.1 Å². The molecular weight excluding hydrogens is 91.8 g/mol. The summed E-state index contributed by atoms with van der Waals surface area (Å²) in [6, 6.07) is 0. The van der Waals surface area contributed by atoms with Crippen molar-refractivity contribution in [3.05, 3.63) is 0 Å². The molecule has 0 aromatic carbocycles. The Bertz CT molecular complexity index is 57.7. The zero-order chi connectivity index (χ0) is 6.28. The van der Waals surface area contributed by atoms with Crippen molar-refractivity contribution in [2.45, 2.75) is 0 Å². The summed E-state index contributed by atoms with van der Waals surface area (Å²) in [6.07, 6.45) is 0. The van der Waals surface area contributed by atoms with Crippen LogP contribution in [0, 0.1) is 10.0 Å². The van der Waals surface area contributed by atoms with Gasteiger partial charge in [-0.15, -0.1) is 0 Å². The summed E-state index contributed by atoms with van der Waals surface area (Å²) in [5.41, 5.74) is 0. The van der Waals surface area contributed by atoms with Gasteiger partial charge in [0.1, 0.15) is 0 Å². The monoisotopic (exact) mass is 95.0 g/mol. The fourth-order valence-electron chi connectivity index (χ4n) is 0. The van der Waals surface area contributed by atoms with Crippen molar-refractivity contribution < 1.29 is 15.1 Å². The topological polar surface area (TPSA) is 84.5 Å². The van der Waals surface area contributed by atoms with Crippen LogP contribution in [0.15, 0.2) is 0 Å². The number of hydrogen-bond acceptors (Lipinski definition) is 4. The molecule has 7 heavy (non-hydrogen) atoms. The molecule has 0 rings (SSSR count). The van der Waals surface area contributed by atoms with Crippen molar-refractivity contribution in [3.63, 3.8) is 0 Å². The van der Waals surface area contributed by atoms with Crippen molar-refractivity contribution in [2.24, 2.45) is 0 Å². The van der Waals surface area contributed by atoms with Crippen LogP contribution in [0.25, 0.3) is 0 Å². The Kier molecular flexibility index (Phi) is 13.6. The molecule has 0 unspecified atom stereocenters. The normalized spacial score (nSPS) is 5.14. The molecule has 0 fully saturated rings. The first-order valence-corrected chi connectivity index (χ1v) is 1.50. The Morgan fingerprint density at radius 2 is 1.43 bits per heavy atom. The minimum atomic E-state index is -2.17. The molecule has 0 amide bonds. The number of nitrogens with zero attached hydrogens (tertiary/aromatic N) is 1. The molecule has 3 N–H and O–H groups in total. The van der Waals surface area contributed by atoms with E-state index in [1.165, 1.54) is 17.7 Å². The summed E-state index contributed by atoms with van der Waals surface area (Å²) in [4.78, 5) is 0. The van der Waals surface area contributed by atoms with E-state index in [1.54, 1.807) is 4.74 Å². The van der Waals surface area contributed by atoms with E-state index in [0.29, 0.717) is 0 Å². The second-order valence-corrected chi connectivity index (χ2v) is 0.570. The van der Waals surface area contributed by atoms with Gasteiger partial charge >= 0.3 is 35.0 Å². The second kappa shape index (κ2) is 9.40. The number of nitriles is 1. The van der Waals surface area contributed by atoms with E-state index >= 15 is 0 Å². The van der Waals surface area contributed by atoms with E-state index in [0.717, 1.165) is 0 Å². The molecule has 0 radical (unpaired) electrons. The molecule has 0 aromatic heterocycles. The molecule has 4 nitrogen and oxygen atoms in total. The third-order valence-electron chi connectivity index (χ3n) is 0. The van der Waals surface area contributed by atoms with Gasteiger partial charge in [0.25, 0.3) is 0 Å². The Hall–Kier alpha value is 0.0323. The van der Waals surface area contributed by atoms with Gasteiger partial charge in [-0.05, 0) is 0 Å². The van der Waals surface area contributed by atoms with E-state index in [2.05, 4.69) is 0 Å². The SMILES string of the molecule is OB(O)O.[Li][C]#N. The van der Waals surface area contributed by atoms with E-state index in [9.17, 15) is 0 Å². The van der Waals surface area contributed by atoms with Gasteiger partial charge in [-0.1, -0.05) is 0 Å². The molecule has 0 aliphatic rings. The van der Waals surface area contributed by atoms with Gasteiger partial charge in [0.15, 0.2) is 0 Å². The first kappa shape index (κ1) is 10.1.